The molecule has 88 valence electrons. The van der Waals surface area contributed by atoms with E-state index in [9.17, 15) is 4.79 Å². The highest BCUT2D eigenvalue weighted by atomic mass is 16.4. The quantitative estimate of drug-likeness (QED) is 0.422. The van der Waals surface area contributed by atoms with Crippen LogP contribution in [0.3, 0.4) is 0 Å². The van der Waals surface area contributed by atoms with Gasteiger partial charge in [-0.05, 0) is 18.4 Å². The third-order valence-corrected chi connectivity index (χ3v) is 2.37. The summed E-state index contributed by atoms with van der Waals surface area (Å²) >= 11 is 0. The summed E-state index contributed by atoms with van der Waals surface area (Å²) in [5, 5.41) is 26.6. The average Bonchev–Trinajstić information content (AvgIpc) is 2.22. The van der Waals surface area contributed by atoms with E-state index in [1.807, 2.05) is 0 Å². The number of aliphatic carboxylic acids is 1. The van der Waals surface area contributed by atoms with E-state index in [4.69, 9.17) is 15.3 Å². The first-order valence-electron chi connectivity index (χ1n) is 5.33. The van der Waals surface area contributed by atoms with Gasteiger partial charge in [-0.25, -0.2) is 4.79 Å². The molecule has 15 heavy (non-hydrogen) atoms. The molecule has 0 unspecified atom stereocenters. The maximum absolute atomic E-state index is 10.7. The van der Waals surface area contributed by atoms with Crippen molar-refractivity contribution in [1.82, 2.24) is 0 Å². The molecule has 0 saturated carbocycles. The van der Waals surface area contributed by atoms with Crippen LogP contribution in [0.2, 0.25) is 0 Å². The second kappa shape index (κ2) is 8.44. The normalized spacial score (nSPS) is 12.5. The third kappa shape index (κ3) is 5.54. The van der Waals surface area contributed by atoms with E-state index in [1.54, 1.807) is 0 Å². The minimum atomic E-state index is -1.14. The number of carboxylic acids is 1. The number of hydrogen-bond donors (Lipinski definition) is 3. The van der Waals surface area contributed by atoms with Gasteiger partial charge in [-0.2, -0.15) is 0 Å². The Hall–Kier alpha value is -0.870. The molecule has 0 aromatic carbocycles. The van der Waals surface area contributed by atoms with E-state index in [2.05, 4.69) is 6.92 Å². The van der Waals surface area contributed by atoms with Crippen LogP contribution in [-0.2, 0) is 4.79 Å². The van der Waals surface area contributed by atoms with Crippen molar-refractivity contribution >= 4 is 5.97 Å². The van der Waals surface area contributed by atoms with Crippen molar-refractivity contribution in [1.29, 1.82) is 0 Å². The van der Waals surface area contributed by atoms with Crippen LogP contribution < -0.4 is 0 Å². The van der Waals surface area contributed by atoms with Crippen molar-refractivity contribution in [2.24, 2.45) is 0 Å². The van der Waals surface area contributed by atoms with Crippen molar-refractivity contribution in [2.45, 2.75) is 39.0 Å². The molecule has 0 heterocycles. The molecule has 0 amide bonds. The number of hydrogen-bond acceptors (Lipinski definition) is 3. The van der Waals surface area contributed by atoms with Crippen LogP contribution in [0.25, 0.3) is 0 Å². The van der Waals surface area contributed by atoms with Crippen LogP contribution in [0, 0.1) is 0 Å². The van der Waals surface area contributed by atoms with Crippen LogP contribution in [-0.4, -0.2) is 34.5 Å². The Morgan fingerprint density at radius 1 is 1.07 bits per heavy atom. The molecule has 0 aromatic heterocycles. The van der Waals surface area contributed by atoms with Crippen molar-refractivity contribution in [2.75, 3.05) is 13.2 Å². The smallest absolute Gasteiger partial charge is 0.333 e. The van der Waals surface area contributed by atoms with Gasteiger partial charge in [0.05, 0.1) is 18.8 Å². The molecule has 3 N–H and O–H groups in total. The van der Waals surface area contributed by atoms with E-state index in [0.29, 0.717) is 12.0 Å². The van der Waals surface area contributed by atoms with Crippen molar-refractivity contribution in [3.8, 4) is 0 Å². The lowest BCUT2D eigenvalue weighted by atomic mass is 10.0. The molecule has 0 atom stereocenters. The number of carbonyl (C=O) groups is 1. The summed E-state index contributed by atoms with van der Waals surface area (Å²) in [6.07, 6.45) is 4.67. The fraction of sp³-hybridized carbons (Fsp3) is 0.727. The summed E-state index contributed by atoms with van der Waals surface area (Å²) in [7, 11) is 0. The van der Waals surface area contributed by atoms with Gasteiger partial charge in [0.25, 0.3) is 0 Å². The molecule has 0 aliphatic heterocycles. The Morgan fingerprint density at radius 3 is 2.13 bits per heavy atom. The van der Waals surface area contributed by atoms with Gasteiger partial charge in [0.15, 0.2) is 0 Å². The largest absolute Gasteiger partial charge is 0.478 e. The molecule has 0 fully saturated rings. The van der Waals surface area contributed by atoms with Crippen LogP contribution in [0.15, 0.2) is 11.1 Å². The van der Waals surface area contributed by atoms with Gasteiger partial charge in [-0.15, -0.1) is 0 Å². The van der Waals surface area contributed by atoms with Crippen LogP contribution in [0.4, 0.5) is 0 Å². The second-order valence-electron chi connectivity index (χ2n) is 3.51. The molecule has 0 aliphatic rings. The van der Waals surface area contributed by atoms with E-state index >= 15 is 0 Å². The number of carboxylic acid groups (broad SMARTS) is 1. The van der Waals surface area contributed by atoms with Gasteiger partial charge in [0, 0.05) is 0 Å². The first kappa shape index (κ1) is 14.1. The molecule has 0 aromatic rings. The molecular formula is C11H20O4. The van der Waals surface area contributed by atoms with Gasteiger partial charge in [-0.3, -0.25) is 0 Å². The van der Waals surface area contributed by atoms with E-state index in [-0.39, 0.29) is 12.2 Å². The molecule has 0 bridgehead atoms. The van der Waals surface area contributed by atoms with Gasteiger partial charge in [-0.1, -0.05) is 26.2 Å². The third-order valence-electron chi connectivity index (χ3n) is 2.37. The summed E-state index contributed by atoms with van der Waals surface area (Å²) in [5.41, 5.74) is 0.384. The van der Waals surface area contributed by atoms with Crippen molar-refractivity contribution in [3.05, 3.63) is 11.1 Å². The van der Waals surface area contributed by atoms with Gasteiger partial charge in [0.2, 0.25) is 0 Å². The molecule has 0 spiro atoms. The maximum Gasteiger partial charge on any atom is 0.333 e. The standard InChI is InChI=1S/C11H20O4/c1-2-3-4-5-6-9(7-12)10(8-13)11(14)15/h12-13H,2-8H2,1H3,(H,14,15). The SMILES string of the molecule is CCCCCCC(CO)=C(CO)C(=O)O. The topological polar surface area (TPSA) is 77.8 Å². The Labute approximate surface area is 90.2 Å². The van der Waals surface area contributed by atoms with E-state index < -0.39 is 12.6 Å². The first-order valence-corrected chi connectivity index (χ1v) is 5.33. The highest BCUT2D eigenvalue weighted by molar-refractivity contribution is 5.87. The van der Waals surface area contributed by atoms with Crippen molar-refractivity contribution < 1.29 is 20.1 Å². The van der Waals surface area contributed by atoms with Crippen molar-refractivity contribution in [3.63, 3.8) is 0 Å². The summed E-state index contributed by atoms with van der Waals surface area (Å²) in [6, 6.07) is 0. The monoisotopic (exact) mass is 216 g/mol. The molecule has 4 nitrogen and oxygen atoms in total. The van der Waals surface area contributed by atoms with Crippen LogP contribution in [0.1, 0.15) is 39.0 Å². The summed E-state index contributed by atoms with van der Waals surface area (Å²) in [5.74, 6) is -1.14. The van der Waals surface area contributed by atoms with Crippen LogP contribution >= 0.6 is 0 Å². The number of aliphatic hydroxyl groups is 2. The van der Waals surface area contributed by atoms with Gasteiger partial charge < -0.3 is 15.3 Å². The molecule has 0 rings (SSSR count). The minimum Gasteiger partial charge on any atom is -0.478 e. The Bertz CT molecular complexity index is 221. The lowest BCUT2D eigenvalue weighted by molar-refractivity contribution is -0.133. The maximum atomic E-state index is 10.7. The number of aliphatic hydroxyl groups excluding tert-OH is 2. The first-order chi connectivity index (χ1) is 7.17. The predicted molar refractivity (Wildman–Crippen MR) is 57.6 cm³/mol. The Morgan fingerprint density at radius 2 is 1.73 bits per heavy atom. The minimum absolute atomic E-state index is 0.0611. The van der Waals surface area contributed by atoms with Crippen LogP contribution in [0.5, 0.6) is 0 Å². The zero-order valence-corrected chi connectivity index (χ0v) is 9.20. The highest BCUT2D eigenvalue weighted by Crippen LogP contribution is 2.14. The highest BCUT2D eigenvalue weighted by Gasteiger charge is 2.12. The summed E-state index contributed by atoms with van der Waals surface area (Å²) < 4.78 is 0. The second-order valence-corrected chi connectivity index (χ2v) is 3.51. The molecule has 4 heteroatoms. The predicted octanol–water partition coefficient (Wildman–Crippen LogP) is 1.32. The average molecular weight is 216 g/mol. The molecule has 0 saturated heterocycles. The summed E-state index contributed by atoms with van der Waals surface area (Å²) in [4.78, 5) is 10.7. The van der Waals surface area contributed by atoms with E-state index in [0.717, 1.165) is 25.7 Å². The fourth-order valence-corrected chi connectivity index (χ4v) is 1.42. The Kier molecular flexibility index (Phi) is 7.95. The van der Waals surface area contributed by atoms with E-state index in [1.165, 1.54) is 0 Å². The lowest BCUT2D eigenvalue weighted by Crippen LogP contribution is -2.11. The number of rotatable bonds is 8. The zero-order valence-electron chi connectivity index (χ0n) is 9.20. The molecule has 0 radical (unpaired) electrons. The summed E-state index contributed by atoms with van der Waals surface area (Å²) in [6.45, 7) is 1.30. The fourth-order valence-electron chi connectivity index (χ4n) is 1.42. The molecule has 0 aliphatic carbocycles. The zero-order chi connectivity index (χ0) is 11.7. The van der Waals surface area contributed by atoms with Gasteiger partial charge in [0.1, 0.15) is 0 Å². The molecular weight excluding hydrogens is 196 g/mol. The van der Waals surface area contributed by atoms with Gasteiger partial charge >= 0.3 is 5.97 Å². The Balaban J connectivity index is 4.25. The lowest BCUT2D eigenvalue weighted by Gasteiger charge is -2.08. The number of unbranched alkanes of at least 4 members (excludes halogenated alkanes) is 3.